The van der Waals surface area contributed by atoms with Crippen molar-refractivity contribution in [3.05, 3.63) is 94.9 Å². The molecule has 3 heterocycles. The normalized spacial score (nSPS) is 15.0. The minimum Gasteiger partial charge on any atom is -0.497 e. The third-order valence-electron chi connectivity index (χ3n) is 5.94. The first kappa shape index (κ1) is 21.8. The lowest BCUT2D eigenvalue weighted by molar-refractivity contribution is -0.130. The minimum atomic E-state index is -1.40. The molecule has 1 aliphatic heterocycles. The molecule has 3 amide bonds. The largest absolute Gasteiger partial charge is 0.497 e. The molecule has 0 spiro atoms. The van der Waals surface area contributed by atoms with E-state index >= 15 is 0 Å². The van der Waals surface area contributed by atoms with Gasteiger partial charge in [0.2, 0.25) is 0 Å². The molecule has 0 aliphatic carbocycles. The standard InChI is InChI=1S/C25H21ClN4O4/c1-33-20-8-3-16(4-9-20)25(17-5-10-21(34-2)11-6-17)23(31)30(24(32)28-25)15-19-14-29-13-18(26)7-12-22(29)27-19/h3-14H,15H2,1-2H3,(H,28,32). The number of aromatic nitrogens is 2. The molecule has 1 aliphatic rings. The van der Waals surface area contributed by atoms with Gasteiger partial charge in [-0.3, -0.25) is 9.69 Å². The van der Waals surface area contributed by atoms with Crippen molar-refractivity contribution in [1.29, 1.82) is 0 Å². The van der Waals surface area contributed by atoms with Gasteiger partial charge in [-0.1, -0.05) is 35.9 Å². The maximum absolute atomic E-state index is 13.9. The summed E-state index contributed by atoms with van der Waals surface area (Å²) in [6.45, 7) is 0.0119. The number of imide groups is 1. The SMILES string of the molecule is COc1ccc(C2(c3ccc(OC)cc3)NC(=O)N(Cc3cn4cc(Cl)ccc4n3)C2=O)cc1. The van der Waals surface area contributed by atoms with Gasteiger partial charge >= 0.3 is 6.03 Å². The zero-order chi connectivity index (χ0) is 23.9. The third kappa shape index (κ3) is 3.52. The van der Waals surface area contributed by atoms with E-state index in [1.807, 2.05) is 0 Å². The summed E-state index contributed by atoms with van der Waals surface area (Å²) in [5.74, 6) is 0.888. The van der Waals surface area contributed by atoms with Crippen LogP contribution < -0.4 is 14.8 Å². The van der Waals surface area contributed by atoms with Crippen molar-refractivity contribution < 1.29 is 19.1 Å². The Labute approximate surface area is 200 Å². The van der Waals surface area contributed by atoms with Gasteiger partial charge in [0, 0.05) is 12.4 Å². The fraction of sp³-hybridized carbons (Fsp3) is 0.160. The van der Waals surface area contributed by atoms with Crippen molar-refractivity contribution in [2.45, 2.75) is 12.1 Å². The summed E-state index contributed by atoms with van der Waals surface area (Å²) in [5.41, 5.74) is 1.05. The van der Waals surface area contributed by atoms with Crippen molar-refractivity contribution >= 4 is 29.2 Å². The molecular weight excluding hydrogens is 456 g/mol. The number of urea groups is 1. The van der Waals surface area contributed by atoms with Gasteiger partial charge in [-0.05, 0) is 47.5 Å². The topological polar surface area (TPSA) is 85.2 Å². The van der Waals surface area contributed by atoms with E-state index in [4.69, 9.17) is 21.1 Å². The summed E-state index contributed by atoms with van der Waals surface area (Å²) in [5, 5.41) is 3.50. The average Bonchev–Trinajstić information content (AvgIpc) is 3.37. The van der Waals surface area contributed by atoms with E-state index in [2.05, 4.69) is 10.3 Å². The maximum Gasteiger partial charge on any atom is 0.325 e. The summed E-state index contributed by atoms with van der Waals surface area (Å²) in [7, 11) is 3.14. The summed E-state index contributed by atoms with van der Waals surface area (Å²) < 4.78 is 12.3. The fourth-order valence-corrected chi connectivity index (χ4v) is 4.38. The molecular formula is C25H21ClN4O4. The number of fused-ring (bicyclic) bond motifs is 1. The molecule has 4 aromatic rings. The van der Waals surface area contributed by atoms with Crippen LogP contribution in [0.2, 0.25) is 5.02 Å². The summed E-state index contributed by atoms with van der Waals surface area (Å²) in [4.78, 5) is 32.8. The lowest BCUT2D eigenvalue weighted by Gasteiger charge is -2.28. The number of nitrogens with one attached hydrogen (secondary N) is 1. The van der Waals surface area contributed by atoms with E-state index in [1.54, 1.807) is 91.7 Å². The molecule has 1 N–H and O–H groups in total. The number of hydrogen-bond donors (Lipinski definition) is 1. The number of halogens is 1. The van der Waals surface area contributed by atoms with Crippen LogP contribution in [0.15, 0.2) is 73.1 Å². The molecule has 0 atom stereocenters. The van der Waals surface area contributed by atoms with Crippen LogP contribution in [0.1, 0.15) is 16.8 Å². The highest BCUT2D eigenvalue weighted by atomic mass is 35.5. The highest BCUT2D eigenvalue weighted by Gasteiger charge is 2.53. The zero-order valence-corrected chi connectivity index (χ0v) is 19.2. The van der Waals surface area contributed by atoms with Crippen molar-refractivity contribution in [3.63, 3.8) is 0 Å². The average molecular weight is 477 g/mol. The summed E-state index contributed by atoms with van der Waals surface area (Å²) in [6.07, 6.45) is 3.47. The van der Waals surface area contributed by atoms with E-state index in [9.17, 15) is 9.59 Å². The zero-order valence-electron chi connectivity index (χ0n) is 18.5. The molecule has 0 radical (unpaired) electrons. The van der Waals surface area contributed by atoms with Gasteiger partial charge in [-0.2, -0.15) is 0 Å². The van der Waals surface area contributed by atoms with Gasteiger partial charge in [0.05, 0.1) is 31.5 Å². The van der Waals surface area contributed by atoms with E-state index < -0.39 is 17.5 Å². The smallest absolute Gasteiger partial charge is 0.325 e. The monoisotopic (exact) mass is 476 g/mol. The Kier molecular flexibility index (Phi) is 5.37. The van der Waals surface area contributed by atoms with Crippen LogP contribution >= 0.6 is 11.6 Å². The number of carbonyl (C=O) groups excluding carboxylic acids is 2. The molecule has 0 saturated carbocycles. The van der Waals surface area contributed by atoms with E-state index in [0.29, 0.717) is 39.0 Å². The molecule has 34 heavy (non-hydrogen) atoms. The van der Waals surface area contributed by atoms with Crippen LogP contribution in [-0.4, -0.2) is 40.4 Å². The lowest BCUT2D eigenvalue weighted by atomic mass is 9.82. The van der Waals surface area contributed by atoms with Gasteiger partial charge < -0.3 is 19.2 Å². The highest BCUT2D eigenvalue weighted by molar-refractivity contribution is 6.30. The van der Waals surface area contributed by atoms with E-state index in [0.717, 1.165) is 0 Å². The van der Waals surface area contributed by atoms with Crippen LogP contribution in [0, 0.1) is 0 Å². The Hall–Kier alpha value is -4.04. The minimum absolute atomic E-state index is 0.0119. The molecule has 172 valence electrons. The molecule has 9 heteroatoms. The number of ether oxygens (including phenoxy) is 2. The van der Waals surface area contributed by atoms with Crippen molar-refractivity contribution in [2.75, 3.05) is 14.2 Å². The lowest BCUT2D eigenvalue weighted by Crippen LogP contribution is -2.45. The Balaban J connectivity index is 1.56. The van der Waals surface area contributed by atoms with E-state index in [1.165, 1.54) is 4.90 Å². The first-order valence-corrected chi connectivity index (χ1v) is 10.9. The first-order chi connectivity index (χ1) is 16.4. The fourth-order valence-electron chi connectivity index (χ4n) is 4.21. The Bertz CT molecular complexity index is 1340. The predicted molar refractivity (Wildman–Crippen MR) is 126 cm³/mol. The van der Waals surface area contributed by atoms with Crippen molar-refractivity contribution in [3.8, 4) is 11.5 Å². The summed E-state index contributed by atoms with van der Waals surface area (Å²) >= 11 is 6.07. The van der Waals surface area contributed by atoms with Gasteiger partial charge in [0.25, 0.3) is 5.91 Å². The van der Waals surface area contributed by atoms with Crippen LogP contribution in [0.25, 0.3) is 5.65 Å². The number of amides is 3. The van der Waals surface area contributed by atoms with E-state index in [-0.39, 0.29) is 6.54 Å². The third-order valence-corrected chi connectivity index (χ3v) is 6.16. The number of rotatable bonds is 6. The number of benzene rings is 2. The van der Waals surface area contributed by atoms with Crippen LogP contribution in [0.3, 0.4) is 0 Å². The summed E-state index contributed by atoms with van der Waals surface area (Å²) in [6, 6.07) is 17.1. The number of carbonyl (C=O) groups is 2. The van der Waals surface area contributed by atoms with Crippen LogP contribution in [0.5, 0.6) is 11.5 Å². The molecule has 8 nitrogen and oxygen atoms in total. The first-order valence-electron chi connectivity index (χ1n) is 10.5. The number of imidazole rings is 1. The van der Waals surface area contributed by atoms with Crippen molar-refractivity contribution in [2.24, 2.45) is 0 Å². The quantitative estimate of drug-likeness (QED) is 0.425. The van der Waals surface area contributed by atoms with Crippen LogP contribution in [-0.2, 0) is 16.9 Å². The number of nitrogens with zero attached hydrogens (tertiary/aromatic N) is 3. The van der Waals surface area contributed by atoms with Gasteiger partial charge in [0.15, 0.2) is 5.54 Å². The Morgan fingerprint density at radius 3 is 2.03 bits per heavy atom. The molecule has 0 unspecified atom stereocenters. The number of methoxy groups -OCH3 is 2. The predicted octanol–water partition coefficient (Wildman–Crippen LogP) is 4.00. The molecule has 2 aromatic heterocycles. The molecule has 0 bridgehead atoms. The maximum atomic E-state index is 13.9. The van der Waals surface area contributed by atoms with Crippen LogP contribution in [0.4, 0.5) is 4.79 Å². The van der Waals surface area contributed by atoms with Gasteiger partial charge in [0.1, 0.15) is 17.1 Å². The number of hydrogen-bond acceptors (Lipinski definition) is 5. The second kappa shape index (κ2) is 8.39. The molecule has 5 rings (SSSR count). The number of pyridine rings is 1. The highest BCUT2D eigenvalue weighted by Crippen LogP contribution is 2.38. The molecule has 2 aromatic carbocycles. The second-order valence-corrected chi connectivity index (χ2v) is 8.31. The Morgan fingerprint density at radius 1 is 0.882 bits per heavy atom. The second-order valence-electron chi connectivity index (χ2n) is 7.87. The molecule has 1 saturated heterocycles. The van der Waals surface area contributed by atoms with Gasteiger partial charge in [-0.15, -0.1) is 0 Å². The Morgan fingerprint density at radius 2 is 1.47 bits per heavy atom. The van der Waals surface area contributed by atoms with Crippen molar-refractivity contribution in [1.82, 2.24) is 19.6 Å². The van der Waals surface area contributed by atoms with Gasteiger partial charge in [-0.25, -0.2) is 9.78 Å². The molecule has 1 fully saturated rings.